The predicted octanol–water partition coefficient (Wildman–Crippen LogP) is 2.87. The van der Waals surface area contributed by atoms with Gasteiger partial charge in [0.15, 0.2) is 5.82 Å². The number of halogens is 3. The Hall–Kier alpha value is -2.84. The number of pyridine rings is 1. The van der Waals surface area contributed by atoms with Gasteiger partial charge in [-0.2, -0.15) is 18.3 Å². The number of carbonyl (C=O) groups is 1. The van der Waals surface area contributed by atoms with E-state index in [-0.39, 0.29) is 17.8 Å². The van der Waals surface area contributed by atoms with Crippen LogP contribution in [0.3, 0.4) is 0 Å². The number of carbonyl (C=O) groups excluding carboxylic acids is 1. The van der Waals surface area contributed by atoms with E-state index in [1.54, 1.807) is 10.6 Å². The summed E-state index contributed by atoms with van der Waals surface area (Å²) in [5, 5.41) is 7.80. The molecular formula is C15H14F3N5O. The number of fused-ring (bicyclic) bond motifs is 1. The van der Waals surface area contributed by atoms with Crippen molar-refractivity contribution >= 4 is 17.4 Å². The van der Waals surface area contributed by atoms with E-state index in [9.17, 15) is 18.0 Å². The summed E-state index contributed by atoms with van der Waals surface area (Å²) < 4.78 is 39.9. The van der Waals surface area contributed by atoms with Crippen LogP contribution in [-0.2, 0) is 17.4 Å². The van der Waals surface area contributed by atoms with Gasteiger partial charge in [-0.25, -0.2) is 4.98 Å². The van der Waals surface area contributed by atoms with Crippen molar-refractivity contribution < 1.29 is 18.0 Å². The van der Waals surface area contributed by atoms with Crippen LogP contribution < -0.4 is 5.32 Å². The second-order valence-corrected chi connectivity index (χ2v) is 5.45. The van der Waals surface area contributed by atoms with E-state index in [0.717, 1.165) is 11.2 Å². The minimum absolute atomic E-state index is 0.0607. The molecule has 0 fully saturated rings. The van der Waals surface area contributed by atoms with E-state index >= 15 is 0 Å². The Labute approximate surface area is 134 Å². The molecule has 126 valence electrons. The lowest BCUT2D eigenvalue weighted by Gasteiger charge is -2.05. The molecule has 0 bridgehead atoms. The van der Waals surface area contributed by atoms with Gasteiger partial charge in [0.2, 0.25) is 5.91 Å². The Morgan fingerprint density at radius 2 is 2.12 bits per heavy atom. The number of hydrogen-bond acceptors (Lipinski definition) is 3. The molecule has 0 saturated carbocycles. The number of nitrogens with zero attached hydrogens (tertiary/aromatic N) is 3. The quantitative estimate of drug-likeness (QED) is 0.772. The smallest absolute Gasteiger partial charge is 0.309 e. The summed E-state index contributed by atoms with van der Waals surface area (Å²) in [4.78, 5) is 16.4. The van der Waals surface area contributed by atoms with Crippen LogP contribution in [0.15, 0.2) is 24.5 Å². The molecule has 0 aliphatic heterocycles. The number of imidazole rings is 1. The average molecular weight is 337 g/mol. The average Bonchev–Trinajstić information content (AvgIpc) is 3.03. The minimum atomic E-state index is -4.54. The van der Waals surface area contributed by atoms with E-state index in [0.29, 0.717) is 5.69 Å². The van der Waals surface area contributed by atoms with Crippen LogP contribution in [0.25, 0.3) is 5.65 Å². The number of aromatic nitrogens is 4. The molecule has 3 heterocycles. The summed E-state index contributed by atoms with van der Waals surface area (Å²) in [7, 11) is 0. The standard InChI is InChI=1S/C15H14F3N5O/c1-8-4-3-5-23-7-10(19-14(8)23)6-11(24)20-13-9(2)12(21-22-13)15(16,17)18/h3-5,7H,6H2,1-2H3,(H2,20,21,22,24). The first-order valence-corrected chi connectivity index (χ1v) is 7.11. The molecule has 1 amide bonds. The fourth-order valence-electron chi connectivity index (χ4n) is 2.43. The highest BCUT2D eigenvalue weighted by molar-refractivity contribution is 5.92. The topological polar surface area (TPSA) is 75.1 Å². The normalized spacial score (nSPS) is 11.9. The molecule has 9 heteroatoms. The first kappa shape index (κ1) is 16.0. The van der Waals surface area contributed by atoms with Crippen molar-refractivity contribution in [1.29, 1.82) is 0 Å². The van der Waals surface area contributed by atoms with Gasteiger partial charge in [-0.05, 0) is 25.5 Å². The number of anilines is 1. The van der Waals surface area contributed by atoms with Gasteiger partial charge in [-0.3, -0.25) is 9.89 Å². The Morgan fingerprint density at radius 1 is 1.38 bits per heavy atom. The van der Waals surface area contributed by atoms with Crippen LogP contribution in [0.5, 0.6) is 0 Å². The molecule has 0 atom stereocenters. The van der Waals surface area contributed by atoms with Gasteiger partial charge >= 0.3 is 6.18 Å². The molecule has 0 aliphatic carbocycles. The van der Waals surface area contributed by atoms with E-state index < -0.39 is 17.8 Å². The zero-order valence-electron chi connectivity index (χ0n) is 12.9. The molecule has 0 unspecified atom stereocenters. The highest BCUT2D eigenvalue weighted by Crippen LogP contribution is 2.32. The summed E-state index contributed by atoms with van der Waals surface area (Å²) in [6.45, 7) is 3.15. The number of rotatable bonds is 3. The van der Waals surface area contributed by atoms with Crippen molar-refractivity contribution in [2.75, 3.05) is 5.32 Å². The molecule has 6 nitrogen and oxygen atoms in total. The van der Waals surface area contributed by atoms with Crippen molar-refractivity contribution in [1.82, 2.24) is 19.6 Å². The second kappa shape index (κ2) is 5.66. The van der Waals surface area contributed by atoms with E-state index in [1.807, 2.05) is 30.4 Å². The third-order valence-corrected chi connectivity index (χ3v) is 3.62. The third-order valence-electron chi connectivity index (χ3n) is 3.62. The number of aromatic amines is 1. The van der Waals surface area contributed by atoms with Crippen molar-refractivity contribution in [2.45, 2.75) is 26.4 Å². The summed E-state index contributed by atoms with van der Waals surface area (Å²) >= 11 is 0. The van der Waals surface area contributed by atoms with Crippen molar-refractivity contribution in [3.05, 3.63) is 47.0 Å². The fraction of sp³-hybridized carbons (Fsp3) is 0.267. The number of hydrogen-bond donors (Lipinski definition) is 2. The molecule has 2 N–H and O–H groups in total. The number of nitrogens with one attached hydrogen (secondary N) is 2. The number of aryl methyl sites for hydroxylation is 1. The maximum absolute atomic E-state index is 12.7. The molecular weight excluding hydrogens is 323 g/mol. The van der Waals surface area contributed by atoms with Crippen molar-refractivity contribution in [2.24, 2.45) is 0 Å². The number of H-pyrrole nitrogens is 1. The molecule has 0 saturated heterocycles. The van der Waals surface area contributed by atoms with E-state index in [2.05, 4.69) is 15.4 Å². The minimum Gasteiger partial charge on any atom is -0.309 e. The van der Waals surface area contributed by atoms with Crippen molar-refractivity contribution in [3.63, 3.8) is 0 Å². The number of amides is 1. The van der Waals surface area contributed by atoms with E-state index in [1.165, 1.54) is 6.92 Å². The lowest BCUT2D eigenvalue weighted by molar-refractivity contribution is -0.141. The van der Waals surface area contributed by atoms with E-state index in [4.69, 9.17) is 0 Å². The van der Waals surface area contributed by atoms with Gasteiger partial charge in [-0.15, -0.1) is 0 Å². The maximum Gasteiger partial charge on any atom is 0.433 e. The summed E-state index contributed by atoms with van der Waals surface area (Å²) in [6, 6.07) is 3.76. The summed E-state index contributed by atoms with van der Waals surface area (Å²) in [5.74, 6) is -0.619. The van der Waals surface area contributed by atoms with Crippen LogP contribution >= 0.6 is 0 Å². The van der Waals surface area contributed by atoms with Gasteiger partial charge in [0, 0.05) is 18.0 Å². The van der Waals surface area contributed by atoms with Crippen LogP contribution in [0, 0.1) is 13.8 Å². The van der Waals surface area contributed by atoms with Gasteiger partial charge in [0.25, 0.3) is 0 Å². The Bertz CT molecular complexity index is 910. The maximum atomic E-state index is 12.7. The molecule has 3 aromatic heterocycles. The number of alkyl halides is 3. The molecule has 0 spiro atoms. The Morgan fingerprint density at radius 3 is 2.75 bits per heavy atom. The Balaban J connectivity index is 1.76. The fourth-order valence-corrected chi connectivity index (χ4v) is 2.43. The second-order valence-electron chi connectivity index (χ2n) is 5.45. The van der Waals surface area contributed by atoms with Crippen molar-refractivity contribution in [3.8, 4) is 0 Å². The highest BCUT2D eigenvalue weighted by atomic mass is 19.4. The van der Waals surface area contributed by atoms with Crippen LogP contribution in [0.1, 0.15) is 22.5 Å². The monoisotopic (exact) mass is 337 g/mol. The molecule has 0 radical (unpaired) electrons. The first-order chi connectivity index (χ1) is 11.3. The lowest BCUT2D eigenvalue weighted by atomic mass is 10.2. The molecule has 0 aromatic carbocycles. The van der Waals surface area contributed by atoms with Gasteiger partial charge in [-0.1, -0.05) is 6.07 Å². The zero-order valence-corrected chi connectivity index (χ0v) is 12.9. The summed E-state index contributed by atoms with van der Waals surface area (Å²) in [5.41, 5.74) is 1.09. The predicted molar refractivity (Wildman–Crippen MR) is 80.6 cm³/mol. The third kappa shape index (κ3) is 2.97. The SMILES string of the molecule is Cc1c(NC(=O)Cc2cn3cccc(C)c3n2)n[nH]c1C(F)(F)F. The molecule has 24 heavy (non-hydrogen) atoms. The molecule has 3 aromatic rings. The van der Waals surface area contributed by atoms with Crippen LogP contribution in [0.2, 0.25) is 0 Å². The first-order valence-electron chi connectivity index (χ1n) is 7.11. The molecule has 0 aliphatic rings. The van der Waals surface area contributed by atoms with Gasteiger partial charge in [0.1, 0.15) is 11.3 Å². The summed E-state index contributed by atoms with van der Waals surface area (Å²) in [6.07, 6.45) is -1.08. The van der Waals surface area contributed by atoms with Gasteiger partial charge < -0.3 is 9.72 Å². The van der Waals surface area contributed by atoms with Crippen LogP contribution in [0.4, 0.5) is 19.0 Å². The highest BCUT2D eigenvalue weighted by Gasteiger charge is 2.36. The zero-order chi connectivity index (χ0) is 17.5. The molecule has 3 rings (SSSR count). The van der Waals surface area contributed by atoms with Crippen LogP contribution in [-0.4, -0.2) is 25.5 Å². The lowest BCUT2D eigenvalue weighted by Crippen LogP contribution is -2.16. The van der Waals surface area contributed by atoms with Gasteiger partial charge in [0.05, 0.1) is 12.1 Å². The largest absolute Gasteiger partial charge is 0.433 e. The Kier molecular flexibility index (Phi) is 3.78.